The normalized spacial score (nSPS) is 15.3. The molecule has 0 aromatic heterocycles. The summed E-state index contributed by atoms with van der Waals surface area (Å²) in [6.45, 7) is 4.11. The number of nitrogens with zero attached hydrogens (tertiary/aromatic N) is 1. The number of benzene rings is 1. The maximum absolute atomic E-state index is 13.2. The van der Waals surface area contributed by atoms with Crippen LogP contribution in [-0.2, 0) is 6.54 Å². The van der Waals surface area contributed by atoms with E-state index >= 15 is 0 Å². The van der Waals surface area contributed by atoms with Crippen LogP contribution in [0.1, 0.15) is 31.4 Å². The van der Waals surface area contributed by atoms with Gasteiger partial charge in [0.25, 0.3) is 0 Å². The van der Waals surface area contributed by atoms with Gasteiger partial charge in [-0.15, -0.1) is 0 Å². The number of rotatable bonds is 6. The molecule has 2 atom stereocenters. The molecule has 1 rings (SSSR count). The molecule has 0 aliphatic carbocycles. The predicted octanol–water partition coefficient (Wildman–Crippen LogP) is 1.17. The van der Waals surface area contributed by atoms with Gasteiger partial charge < -0.3 is 21.4 Å². The lowest BCUT2D eigenvalue weighted by Gasteiger charge is -2.16. The van der Waals surface area contributed by atoms with Gasteiger partial charge in [0.05, 0.1) is 6.10 Å². The van der Waals surface area contributed by atoms with Crippen molar-refractivity contribution >= 4 is 5.84 Å². The lowest BCUT2D eigenvalue weighted by Crippen LogP contribution is -2.30. The first-order valence-electron chi connectivity index (χ1n) is 6.11. The van der Waals surface area contributed by atoms with Gasteiger partial charge in [-0.2, -0.15) is 0 Å². The molecule has 0 amide bonds. The highest BCUT2D eigenvalue weighted by molar-refractivity contribution is 5.98. The molecule has 0 bridgehead atoms. The molecule has 1 aromatic carbocycles. The van der Waals surface area contributed by atoms with Crippen molar-refractivity contribution in [3.63, 3.8) is 0 Å². The van der Waals surface area contributed by atoms with Gasteiger partial charge in [0.1, 0.15) is 5.82 Å². The zero-order valence-electron chi connectivity index (χ0n) is 11.1. The largest absolute Gasteiger partial charge is 0.409 e. The first kappa shape index (κ1) is 15.4. The Morgan fingerprint density at radius 2 is 2.16 bits per heavy atom. The van der Waals surface area contributed by atoms with Gasteiger partial charge in [-0.05, 0) is 38.0 Å². The monoisotopic (exact) mass is 269 g/mol. The van der Waals surface area contributed by atoms with Crippen molar-refractivity contribution in [1.29, 1.82) is 0 Å². The number of nitrogens with one attached hydrogen (secondary N) is 1. The Morgan fingerprint density at radius 3 is 2.74 bits per heavy atom. The minimum absolute atomic E-state index is 0.102. The van der Waals surface area contributed by atoms with E-state index in [-0.39, 0.29) is 18.0 Å². The average Bonchev–Trinajstić information content (AvgIpc) is 2.35. The minimum Gasteiger partial charge on any atom is -0.409 e. The summed E-state index contributed by atoms with van der Waals surface area (Å²) < 4.78 is 13.2. The quantitative estimate of drug-likeness (QED) is 0.270. The number of halogens is 1. The van der Waals surface area contributed by atoms with E-state index in [2.05, 4.69) is 10.5 Å². The Bertz CT molecular complexity index is 450. The van der Waals surface area contributed by atoms with Crippen LogP contribution < -0.4 is 11.1 Å². The first-order valence-corrected chi connectivity index (χ1v) is 6.11. The molecule has 0 aliphatic rings. The standard InChI is InChI=1S/C13H20FN3O2/c1-8(5-9(2)18)16-7-10-3-4-11(14)6-12(10)13(15)17-19/h3-4,6,8-9,16,18-19H,5,7H2,1-2H3,(H2,15,17). The van der Waals surface area contributed by atoms with E-state index in [0.29, 0.717) is 18.5 Å². The van der Waals surface area contributed by atoms with Crippen LogP contribution in [0.4, 0.5) is 4.39 Å². The third-order valence-electron chi connectivity index (χ3n) is 2.79. The van der Waals surface area contributed by atoms with Crippen LogP contribution in [0.2, 0.25) is 0 Å². The summed E-state index contributed by atoms with van der Waals surface area (Å²) in [6.07, 6.45) is 0.222. The molecule has 19 heavy (non-hydrogen) atoms. The van der Waals surface area contributed by atoms with Crippen LogP contribution in [0, 0.1) is 5.82 Å². The van der Waals surface area contributed by atoms with E-state index < -0.39 is 5.82 Å². The third-order valence-corrected chi connectivity index (χ3v) is 2.79. The summed E-state index contributed by atoms with van der Waals surface area (Å²) in [6, 6.07) is 4.24. The predicted molar refractivity (Wildman–Crippen MR) is 71.5 cm³/mol. The van der Waals surface area contributed by atoms with Gasteiger partial charge in [-0.25, -0.2) is 4.39 Å². The SMILES string of the molecule is CC(O)CC(C)NCc1ccc(F)cc1/C(N)=N/O. The van der Waals surface area contributed by atoms with E-state index in [4.69, 9.17) is 10.9 Å². The van der Waals surface area contributed by atoms with E-state index in [1.54, 1.807) is 13.0 Å². The summed E-state index contributed by atoms with van der Waals surface area (Å²) in [4.78, 5) is 0. The van der Waals surface area contributed by atoms with Crippen molar-refractivity contribution in [3.8, 4) is 0 Å². The maximum Gasteiger partial charge on any atom is 0.170 e. The van der Waals surface area contributed by atoms with Gasteiger partial charge >= 0.3 is 0 Å². The highest BCUT2D eigenvalue weighted by Gasteiger charge is 2.11. The van der Waals surface area contributed by atoms with Gasteiger partial charge in [0, 0.05) is 18.2 Å². The summed E-state index contributed by atoms with van der Waals surface area (Å²) in [5.74, 6) is -0.568. The van der Waals surface area contributed by atoms with Crippen molar-refractivity contribution in [2.45, 2.75) is 39.0 Å². The van der Waals surface area contributed by atoms with Crippen LogP contribution in [0.3, 0.4) is 0 Å². The Balaban J connectivity index is 2.78. The van der Waals surface area contributed by atoms with E-state index in [9.17, 15) is 9.50 Å². The summed E-state index contributed by atoms with van der Waals surface area (Å²) >= 11 is 0. The number of hydrogen-bond acceptors (Lipinski definition) is 4. The number of aliphatic hydroxyl groups excluding tert-OH is 1. The first-order chi connectivity index (χ1) is 8.93. The van der Waals surface area contributed by atoms with Gasteiger partial charge in [-0.3, -0.25) is 0 Å². The average molecular weight is 269 g/mol. The molecule has 0 aliphatic heterocycles. The molecule has 0 saturated carbocycles. The maximum atomic E-state index is 13.2. The number of nitrogens with two attached hydrogens (primary N) is 1. The van der Waals surface area contributed by atoms with Crippen LogP contribution in [0.25, 0.3) is 0 Å². The molecular formula is C13H20FN3O2. The fourth-order valence-corrected chi connectivity index (χ4v) is 1.87. The van der Waals surface area contributed by atoms with Crippen molar-refractivity contribution < 1.29 is 14.7 Å². The molecule has 6 heteroatoms. The van der Waals surface area contributed by atoms with Gasteiger partial charge in [0.2, 0.25) is 0 Å². The number of amidine groups is 1. The molecular weight excluding hydrogens is 249 g/mol. The molecule has 5 nitrogen and oxygen atoms in total. The molecule has 0 saturated heterocycles. The van der Waals surface area contributed by atoms with Crippen LogP contribution in [0.5, 0.6) is 0 Å². The number of aliphatic hydroxyl groups is 1. The summed E-state index contributed by atoms with van der Waals surface area (Å²) in [7, 11) is 0. The topological polar surface area (TPSA) is 90.9 Å². The smallest absolute Gasteiger partial charge is 0.170 e. The lowest BCUT2D eigenvalue weighted by atomic mass is 10.1. The van der Waals surface area contributed by atoms with Crippen molar-refractivity contribution in [1.82, 2.24) is 5.32 Å². The molecule has 0 spiro atoms. The molecule has 2 unspecified atom stereocenters. The second-order valence-electron chi connectivity index (χ2n) is 4.65. The minimum atomic E-state index is -0.442. The molecule has 5 N–H and O–H groups in total. The van der Waals surface area contributed by atoms with Crippen LogP contribution >= 0.6 is 0 Å². The second kappa shape index (κ2) is 7.06. The Labute approximate surface area is 111 Å². The lowest BCUT2D eigenvalue weighted by molar-refractivity contribution is 0.170. The Morgan fingerprint density at radius 1 is 1.47 bits per heavy atom. The Kier molecular flexibility index (Phi) is 5.72. The number of oxime groups is 1. The zero-order valence-corrected chi connectivity index (χ0v) is 11.1. The number of hydrogen-bond donors (Lipinski definition) is 4. The van der Waals surface area contributed by atoms with Gasteiger partial charge in [0.15, 0.2) is 5.84 Å². The molecule has 0 heterocycles. The van der Waals surface area contributed by atoms with Gasteiger partial charge in [-0.1, -0.05) is 11.2 Å². The van der Waals surface area contributed by atoms with Crippen molar-refractivity contribution in [3.05, 3.63) is 35.1 Å². The van der Waals surface area contributed by atoms with Crippen molar-refractivity contribution in [2.24, 2.45) is 10.9 Å². The van der Waals surface area contributed by atoms with Crippen LogP contribution in [0.15, 0.2) is 23.4 Å². The molecule has 0 fully saturated rings. The highest BCUT2D eigenvalue weighted by Crippen LogP contribution is 2.12. The second-order valence-corrected chi connectivity index (χ2v) is 4.65. The highest BCUT2D eigenvalue weighted by atomic mass is 19.1. The van der Waals surface area contributed by atoms with Crippen LogP contribution in [-0.4, -0.2) is 28.3 Å². The van der Waals surface area contributed by atoms with E-state index in [1.807, 2.05) is 6.92 Å². The van der Waals surface area contributed by atoms with E-state index in [0.717, 1.165) is 5.56 Å². The fraction of sp³-hybridized carbons (Fsp3) is 0.462. The Hall–Kier alpha value is -1.66. The molecule has 1 aromatic rings. The summed E-state index contributed by atoms with van der Waals surface area (Å²) in [5.41, 5.74) is 6.61. The summed E-state index contributed by atoms with van der Waals surface area (Å²) in [5, 5.41) is 24.1. The molecule has 106 valence electrons. The molecule has 0 radical (unpaired) electrons. The zero-order chi connectivity index (χ0) is 14.4. The fourth-order valence-electron chi connectivity index (χ4n) is 1.87. The van der Waals surface area contributed by atoms with Crippen molar-refractivity contribution in [2.75, 3.05) is 0 Å². The third kappa shape index (κ3) is 4.84. The van der Waals surface area contributed by atoms with E-state index in [1.165, 1.54) is 12.1 Å².